The van der Waals surface area contributed by atoms with Crippen LogP contribution in [0.15, 0.2) is 72.9 Å². The van der Waals surface area contributed by atoms with Crippen molar-refractivity contribution in [2.45, 2.75) is 5.92 Å². The third kappa shape index (κ3) is 2.67. The van der Waals surface area contributed by atoms with Crippen molar-refractivity contribution >= 4 is 11.6 Å². The van der Waals surface area contributed by atoms with Crippen LogP contribution in [0.25, 0.3) is 11.1 Å². The molecule has 124 valence electrons. The number of benzene rings is 2. The minimum absolute atomic E-state index is 0.128. The van der Waals surface area contributed by atoms with E-state index in [0.29, 0.717) is 0 Å². The number of aromatic nitrogens is 1. The first kappa shape index (κ1) is 15.4. The van der Waals surface area contributed by atoms with E-state index in [1.807, 2.05) is 30.3 Å². The molecule has 0 bridgehead atoms. The molecule has 0 saturated carbocycles. The van der Waals surface area contributed by atoms with Gasteiger partial charge in [-0.25, -0.2) is 0 Å². The summed E-state index contributed by atoms with van der Waals surface area (Å²) >= 11 is 0. The fourth-order valence-corrected chi connectivity index (χ4v) is 3.05. The molecule has 0 N–H and O–H groups in total. The molecule has 1 aliphatic heterocycles. The topological polar surface area (TPSA) is 33.2 Å². The number of hydrogen-bond donors (Lipinski definition) is 0. The minimum atomic E-state index is -3.07. The number of alkyl halides is 2. The lowest BCUT2D eigenvalue weighted by Crippen LogP contribution is -2.33. The standard InChI is InChI=1S/C20H14F2N2O/c21-20(22)13-24(19(25)17-8-4-5-11-23-17)18-12-15(9-10-16(18)20)14-6-2-1-3-7-14/h1-12H,13H2. The average molecular weight is 336 g/mol. The normalized spacial score (nSPS) is 15.0. The van der Waals surface area contributed by atoms with Crippen molar-refractivity contribution < 1.29 is 13.6 Å². The van der Waals surface area contributed by atoms with Crippen molar-refractivity contribution in [3.05, 3.63) is 84.2 Å². The SMILES string of the molecule is O=C(c1ccccn1)N1CC(F)(F)c2ccc(-c3ccccc3)cc21. The van der Waals surface area contributed by atoms with Crippen molar-refractivity contribution in [3.8, 4) is 11.1 Å². The van der Waals surface area contributed by atoms with Crippen molar-refractivity contribution in [1.82, 2.24) is 4.98 Å². The van der Waals surface area contributed by atoms with Gasteiger partial charge in [0.15, 0.2) is 0 Å². The molecule has 1 aliphatic rings. The molecule has 25 heavy (non-hydrogen) atoms. The first-order valence-corrected chi connectivity index (χ1v) is 7.87. The van der Waals surface area contributed by atoms with Crippen LogP contribution in [0.1, 0.15) is 16.1 Å². The van der Waals surface area contributed by atoms with Crippen molar-refractivity contribution in [3.63, 3.8) is 0 Å². The summed E-state index contributed by atoms with van der Waals surface area (Å²) in [5, 5.41) is 0. The van der Waals surface area contributed by atoms with E-state index in [1.54, 1.807) is 24.3 Å². The lowest BCUT2D eigenvalue weighted by molar-refractivity contribution is 0.0138. The van der Waals surface area contributed by atoms with Crippen LogP contribution in [0.3, 0.4) is 0 Å². The quantitative estimate of drug-likeness (QED) is 0.690. The van der Waals surface area contributed by atoms with E-state index in [9.17, 15) is 13.6 Å². The zero-order valence-electron chi connectivity index (χ0n) is 13.2. The van der Waals surface area contributed by atoms with E-state index in [0.717, 1.165) is 16.0 Å². The van der Waals surface area contributed by atoms with Crippen molar-refractivity contribution in [1.29, 1.82) is 0 Å². The number of carbonyl (C=O) groups excluding carboxylic acids is 1. The van der Waals surface area contributed by atoms with Gasteiger partial charge in [-0.2, -0.15) is 8.78 Å². The molecule has 0 spiro atoms. The van der Waals surface area contributed by atoms with E-state index in [1.165, 1.54) is 18.3 Å². The minimum Gasteiger partial charge on any atom is -0.300 e. The highest BCUT2D eigenvalue weighted by Crippen LogP contribution is 2.45. The van der Waals surface area contributed by atoms with Crippen LogP contribution in [-0.2, 0) is 5.92 Å². The molecule has 2 heterocycles. The number of nitrogens with zero attached hydrogens (tertiary/aromatic N) is 2. The fraction of sp³-hybridized carbons (Fsp3) is 0.100. The number of carbonyl (C=O) groups is 1. The molecule has 0 saturated heterocycles. The Morgan fingerprint density at radius 3 is 2.44 bits per heavy atom. The Hall–Kier alpha value is -3.08. The molecule has 0 aliphatic carbocycles. The Morgan fingerprint density at radius 1 is 0.960 bits per heavy atom. The van der Waals surface area contributed by atoms with Crippen molar-refractivity contribution in [2.75, 3.05) is 11.4 Å². The number of pyridine rings is 1. The maximum absolute atomic E-state index is 14.4. The van der Waals surface area contributed by atoms with Gasteiger partial charge in [0.2, 0.25) is 0 Å². The van der Waals surface area contributed by atoms with Gasteiger partial charge in [-0.1, -0.05) is 48.5 Å². The maximum Gasteiger partial charge on any atom is 0.292 e. The van der Waals surface area contributed by atoms with Gasteiger partial charge >= 0.3 is 0 Å². The largest absolute Gasteiger partial charge is 0.300 e. The molecule has 3 nitrogen and oxygen atoms in total. The summed E-state index contributed by atoms with van der Waals surface area (Å²) in [6.45, 7) is -0.671. The lowest BCUT2D eigenvalue weighted by atomic mass is 10.0. The highest BCUT2D eigenvalue weighted by molar-refractivity contribution is 6.06. The predicted molar refractivity (Wildman–Crippen MR) is 91.7 cm³/mol. The molecule has 4 rings (SSSR count). The predicted octanol–water partition coefficient (Wildman–Crippen LogP) is 4.50. The summed E-state index contributed by atoms with van der Waals surface area (Å²) < 4.78 is 28.8. The smallest absolute Gasteiger partial charge is 0.292 e. The summed E-state index contributed by atoms with van der Waals surface area (Å²) in [5.74, 6) is -3.60. The van der Waals surface area contributed by atoms with E-state index in [2.05, 4.69) is 4.98 Å². The van der Waals surface area contributed by atoms with Crippen LogP contribution in [0, 0.1) is 0 Å². The number of halogens is 2. The van der Waals surface area contributed by atoms with E-state index >= 15 is 0 Å². The Balaban J connectivity index is 1.80. The third-order valence-corrected chi connectivity index (χ3v) is 4.28. The van der Waals surface area contributed by atoms with Crippen LogP contribution in [-0.4, -0.2) is 17.4 Å². The molecule has 1 amide bonds. The lowest BCUT2D eigenvalue weighted by Gasteiger charge is -2.17. The number of fused-ring (bicyclic) bond motifs is 1. The summed E-state index contributed by atoms with van der Waals surface area (Å²) in [6, 6.07) is 19.0. The first-order chi connectivity index (χ1) is 12.1. The molecule has 0 unspecified atom stereocenters. The molecule has 0 fully saturated rings. The molecule has 5 heteroatoms. The van der Waals surface area contributed by atoms with Gasteiger partial charge in [0.1, 0.15) is 5.69 Å². The van der Waals surface area contributed by atoms with Gasteiger partial charge in [-0.15, -0.1) is 0 Å². The molecule has 1 aromatic heterocycles. The van der Waals surface area contributed by atoms with Crippen molar-refractivity contribution in [2.24, 2.45) is 0 Å². The molecule has 0 radical (unpaired) electrons. The summed E-state index contributed by atoms with van der Waals surface area (Å²) in [7, 11) is 0. The number of hydrogen-bond acceptors (Lipinski definition) is 2. The van der Waals surface area contributed by atoms with Crippen LogP contribution in [0.4, 0.5) is 14.5 Å². The summed E-state index contributed by atoms with van der Waals surface area (Å²) in [4.78, 5) is 17.8. The van der Waals surface area contributed by atoms with Gasteiger partial charge in [-0.05, 0) is 29.3 Å². The van der Waals surface area contributed by atoms with Crippen LogP contribution >= 0.6 is 0 Å². The van der Waals surface area contributed by atoms with Gasteiger partial charge < -0.3 is 4.90 Å². The van der Waals surface area contributed by atoms with Gasteiger partial charge in [0.05, 0.1) is 12.2 Å². The highest BCUT2D eigenvalue weighted by Gasteiger charge is 2.46. The number of anilines is 1. The monoisotopic (exact) mass is 336 g/mol. The van der Waals surface area contributed by atoms with Gasteiger partial charge in [0.25, 0.3) is 11.8 Å². The Labute approximate surface area is 143 Å². The Bertz CT molecular complexity index is 927. The van der Waals surface area contributed by atoms with Gasteiger partial charge in [-0.3, -0.25) is 9.78 Å². The molecular formula is C20H14F2N2O. The maximum atomic E-state index is 14.4. The fourth-order valence-electron chi connectivity index (χ4n) is 3.05. The van der Waals surface area contributed by atoms with E-state index in [-0.39, 0.29) is 16.9 Å². The summed E-state index contributed by atoms with van der Waals surface area (Å²) in [6.07, 6.45) is 1.47. The average Bonchev–Trinajstić information content (AvgIpc) is 2.93. The second kappa shape index (κ2) is 5.77. The Morgan fingerprint density at radius 2 is 1.72 bits per heavy atom. The number of rotatable bonds is 2. The van der Waals surface area contributed by atoms with E-state index < -0.39 is 18.4 Å². The molecular weight excluding hydrogens is 322 g/mol. The zero-order valence-corrected chi connectivity index (χ0v) is 13.2. The van der Waals surface area contributed by atoms with Crippen LogP contribution in [0.2, 0.25) is 0 Å². The van der Waals surface area contributed by atoms with E-state index in [4.69, 9.17) is 0 Å². The van der Waals surface area contributed by atoms with Crippen LogP contribution in [0.5, 0.6) is 0 Å². The first-order valence-electron chi connectivity index (χ1n) is 7.87. The molecule has 3 aromatic rings. The Kier molecular flexibility index (Phi) is 3.57. The third-order valence-electron chi connectivity index (χ3n) is 4.28. The second-order valence-electron chi connectivity index (χ2n) is 5.91. The van der Waals surface area contributed by atoms with Gasteiger partial charge in [0, 0.05) is 11.8 Å². The second-order valence-corrected chi connectivity index (χ2v) is 5.91. The highest BCUT2D eigenvalue weighted by atomic mass is 19.3. The van der Waals surface area contributed by atoms with Crippen LogP contribution < -0.4 is 4.90 Å². The molecule has 2 aromatic carbocycles. The zero-order chi connectivity index (χ0) is 17.4. The number of amides is 1. The molecule has 0 atom stereocenters. The summed E-state index contributed by atoms with van der Waals surface area (Å²) in [5.41, 5.74) is 1.95.